The maximum Gasteiger partial charge on any atom is 0.255 e. The molecule has 1 N–H and O–H groups in total. The van der Waals surface area contributed by atoms with E-state index in [1.165, 1.54) is 0 Å². The lowest BCUT2D eigenvalue weighted by Gasteiger charge is -2.30. The van der Waals surface area contributed by atoms with E-state index < -0.39 is 0 Å². The van der Waals surface area contributed by atoms with Crippen molar-refractivity contribution in [2.24, 2.45) is 0 Å². The molecular formula is C16H23ClN4O2. The van der Waals surface area contributed by atoms with Crippen molar-refractivity contribution in [3.05, 3.63) is 22.8 Å². The SMILES string of the molecule is CN1CCC(Nc2ncc(C(=O)N3CCOCC3)cc2Cl)CC1. The van der Waals surface area contributed by atoms with Crippen LogP contribution in [0.3, 0.4) is 0 Å². The highest BCUT2D eigenvalue weighted by molar-refractivity contribution is 6.33. The number of carbonyl (C=O) groups excluding carboxylic acids is 1. The van der Waals surface area contributed by atoms with E-state index in [0.29, 0.717) is 48.7 Å². The summed E-state index contributed by atoms with van der Waals surface area (Å²) in [6.45, 7) is 4.55. The van der Waals surface area contributed by atoms with E-state index in [4.69, 9.17) is 16.3 Å². The van der Waals surface area contributed by atoms with Crippen molar-refractivity contribution in [1.82, 2.24) is 14.8 Å². The van der Waals surface area contributed by atoms with Crippen LogP contribution in [0.2, 0.25) is 5.02 Å². The zero-order chi connectivity index (χ0) is 16.2. The molecule has 2 aliphatic heterocycles. The van der Waals surface area contributed by atoms with Gasteiger partial charge in [-0.3, -0.25) is 4.79 Å². The molecule has 0 aromatic carbocycles. The van der Waals surface area contributed by atoms with Gasteiger partial charge in [0.25, 0.3) is 5.91 Å². The predicted octanol–water partition coefficient (Wildman–Crippen LogP) is 1.71. The van der Waals surface area contributed by atoms with E-state index in [9.17, 15) is 4.79 Å². The molecule has 3 heterocycles. The standard InChI is InChI=1S/C16H23ClN4O2/c1-20-4-2-13(3-5-20)19-15-14(17)10-12(11-18-15)16(22)21-6-8-23-9-7-21/h10-11,13H,2-9H2,1H3,(H,18,19). The topological polar surface area (TPSA) is 57.7 Å². The van der Waals surface area contributed by atoms with Crippen LogP contribution in [0, 0.1) is 0 Å². The third kappa shape index (κ3) is 4.13. The van der Waals surface area contributed by atoms with Crippen LogP contribution in [-0.2, 0) is 4.74 Å². The van der Waals surface area contributed by atoms with Crippen molar-refractivity contribution >= 4 is 23.3 Å². The predicted molar refractivity (Wildman–Crippen MR) is 90.1 cm³/mol. The lowest BCUT2D eigenvalue weighted by molar-refractivity contribution is 0.0302. The minimum atomic E-state index is -0.0338. The van der Waals surface area contributed by atoms with Crippen LogP contribution in [-0.4, -0.2) is 73.2 Å². The summed E-state index contributed by atoms with van der Waals surface area (Å²) in [7, 11) is 2.13. The number of morpholine rings is 1. The summed E-state index contributed by atoms with van der Waals surface area (Å²) >= 11 is 6.33. The number of ether oxygens (including phenoxy) is 1. The average Bonchev–Trinajstić information content (AvgIpc) is 2.59. The molecule has 2 saturated heterocycles. The van der Waals surface area contributed by atoms with Gasteiger partial charge < -0.3 is 19.9 Å². The first-order chi connectivity index (χ1) is 11.1. The van der Waals surface area contributed by atoms with Gasteiger partial charge in [0.15, 0.2) is 0 Å². The van der Waals surface area contributed by atoms with Crippen LogP contribution in [0.5, 0.6) is 0 Å². The Labute approximate surface area is 141 Å². The lowest BCUT2D eigenvalue weighted by atomic mass is 10.1. The monoisotopic (exact) mass is 338 g/mol. The number of hydrogen-bond donors (Lipinski definition) is 1. The smallest absolute Gasteiger partial charge is 0.255 e. The molecule has 0 aliphatic carbocycles. The third-order valence-corrected chi connectivity index (χ3v) is 4.73. The molecule has 0 spiro atoms. The molecule has 0 atom stereocenters. The third-order valence-electron chi connectivity index (χ3n) is 4.45. The number of pyridine rings is 1. The molecule has 0 bridgehead atoms. The number of piperidine rings is 1. The molecule has 6 nitrogen and oxygen atoms in total. The Morgan fingerprint density at radius 1 is 1.30 bits per heavy atom. The van der Waals surface area contributed by atoms with Crippen LogP contribution < -0.4 is 5.32 Å². The highest BCUT2D eigenvalue weighted by Crippen LogP contribution is 2.24. The maximum absolute atomic E-state index is 12.4. The van der Waals surface area contributed by atoms with E-state index in [1.54, 1.807) is 17.2 Å². The summed E-state index contributed by atoms with van der Waals surface area (Å²) < 4.78 is 5.27. The molecule has 2 fully saturated rings. The summed E-state index contributed by atoms with van der Waals surface area (Å²) in [5.41, 5.74) is 0.533. The summed E-state index contributed by atoms with van der Waals surface area (Å²) in [5, 5.41) is 3.90. The average molecular weight is 339 g/mol. The van der Waals surface area contributed by atoms with Gasteiger partial charge >= 0.3 is 0 Å². The normalized spacial score (nSPS) is 20.5. The first-order valence-corrected chi connectivity index (χ1v) is 8.49. The fourth-order valence-electron chi connectivity index (χ4n) is 2.96. The Kier molecular flexibility index (Phi) is 5.35. The number of anilines is 1. The van der Waals surface area contributed by atoms with Gasteiger partial charge in [-0.1, -0.05) is 11.6 Å². The molecule has 23 heavy (non-hydrogen) atoms. The second-order valence-electron chi connectivity index (χ2n) is 6.18. The van der Waals surface area contributed by atoms with E-state index in [2.05, 4.69) is 22.2 Å². The Hall–Kier alpha value is -1.37. The quantitative estimate of drug-likeness (QED) is 0.909. The Morgan fingerprint density at radius 2 is 2.00 bits per heavy atom. The highest BCUT2D eigenvalue weighted by atomic mass is 35.5. The molecule has 1 aromatic rings. The first-order valence-electron chi connectivity index (χ1n) is 8.11. The van der Waals surface area contributed by atoms with Gasteiger partial charge in [-0.25, -0.2) is 4.98 Å². The number of hydrogen-bond acceptors (Lipinski definition) is 5. The second-order valence-corrected chi connectivity index (χ2v) is 6.59. The summed E-state index contributed by atoms with van der Waals surface area (Å²) in [6.07, 6.45) is 3.76. The van der Waals surface area contributed by atoms with Gasteiger partial charge in [0.1, 0.15) is 5.82 Å². The minimum Gasteiger partial charge on any atom is -0.378 e. The van der Waals surface area contributed by atoms with E-state index >= 15 is 0 Å². The van der Waals surface area contributed by atoms with E-state index in [1.807, 2.05) is 0 Å². The molecule has 7 heteroatoms. The van der Waals surface area contributed by atoms with Gasteiger partial charge in [-0.15, -0.1) is 0 Å². The molecular weight excluding hydrogens is 316 g/mol. The van der Waals surface area contributed by atoms with Gasteiger partial charge in [0.05, 0.1) is 23.8 Å². The van der Waals surface area contributed by atoms with Crippen LogP contribution >= 0.6 is 11.6 Å². The fourth-order valence-corrected chi connectivity index (χ4v) is 3.18. The summed E-state index contributed by atoms with van der Waals surface area (Å²) in [5.74, 6) is 0.633. The number of carbonyl (C=O) groups is 1. The zero-order valence-corrected chi connectivity index (χ0v) is 14.2. The number of rotatable bonds is 3. The Bertz CT molecular complexity index is 555. The van der Waals surface area contributed by atoms with Crippen molar-refractivity contribution < 1.29 is 9.53 Å². The molecule has 126 valence electrons. The van der Waals surface area contributed by atoms with Crippen LogP contribution in [0.25, 0.3) is 0 Å². The van der Waals surface area contributed by atoms with Crippen molar-refractivity contribution in [1.29, 1.82) is 0 Å². The number of likely N-dealkylation sites (tertiary alicyclic amines) is 1. The number of amides is 1. The molecule has 0 radical (unpaired) electrons. The van der Waals surface area contributed by atoms with Crippen molar-refractivity contribution in [2.75, 3.05) is 51.8 Å². The van der Waals surface area contributed by atoms with Crippen LogP contribution in [0.4, 0.5) is 5.82 Å². The first kappa shape index (κ1) is 16.5. The maximum atomic E-state index is 12.4. The fraction of sp³-hybridized carbons (Fsp3) is 0.625. The Balaban J connectivity index is 1.64. The molecule has 1 aromatic heterocycles. The molecule has 2 aliphatic rings. The van der Waals surface area contributed by atoms with Gasteiger partial charge in [-0.2, -0.15) is 0 Å². The van der Waals surface area contributed by atoms with E-state index in [0.717, 1.165) is 25.9 Å². The summed E-state index contributed by atoms with van der Waals surface area (Å²) in [6, 6.07) is 2.10. The molecule has 0 saturated carbocycles. The van der Waals surface area contributed by atoms with Crippen LogP contribution in [0.1, 0.15) is 23.2 Å². The summed E-state index contributed by atoms with van der Waals surface area (Å²) in [4.78, 5) is 20.9. The number of aromatic nitrogens is 1. The van der Waals surface area contributed by atoms with E-state index in [-0.39, 0.29) is 5.91 Å². The zero-order valence-electron chi connectivity index (χ0n) is 13.4. The molecule has 0 unspecified atom stereocenters. The number of halogens is 1. The van der Waals surface area contributed by atoms with Crippen molar-refractivity contribution in [3.8, 4) is 0 Å². The molecule has 3 rings (SSSR count). The largest absolute Gasteiger partial charge is 0.378 e. The van der Waals surface area contributed by atoms with Crippen LogP contribution in [0.15, 0.2) is 12.3 Å². The van der Waals surface area contributed by atoms with Crippen molar-refractivity contribution in [3.63, 3.8) is 0 Å². The van der Waals surface area contributed by atoms with Crippen molar-refractivity contribution in [2.45, 2.75) is 18.9 Å². The number of nitrogens with zero attached hydrogens (tertiary/aromatic N) is 3. The van der Waals surface area contributed by atoms with Gasteiger partial charge in [-0.05, 0) is 39.0 Å². The lowest BCUT2D eigenvalue weighted by Crippen LogP contribution is -2.40. The Morgan fingerprint density at radius 3 is 2.65 bits per heavy atom. The van der Waals surface area contributed by atoms with Gasteiger partial charge in [0.2, 0.25) is 0 Å². The second kappa shape index (κ2) is 7.47. The molecule has 1 amide bonds. The van der Waals surface area contributed by atoms with Gasteiger partial charge in [0, 0.05) is 25.3 Å². The minimum absolute atomic E-state index is 0.0338. The highest BCUT2D eigenvalue weighted by Gasteiger charge is 2.21. The number of nitrogens with one attached hydrogen (secondary N) is 1.